The van der Waals surface area contributed by atoms with Crippen molar-refractivity contribution in [3.63, 3.8) is 0 Å². The first kappa shape index (κ1) is 22.5. The van der Waals surface area contributed by atoms with Gasteiger partial charge in [0.15, 0.2) is 5.13 Å². The van der Waals surface area contributed by atoms with E-state index >= 15 is 0 Å². The van der Waals surface area contributed by atoms with E-state index in [1.165, 1.54) is 0 Å². The Morgan fingerprint density at radius 2 is 1.84 bits per heavy atom. The highest BCUT2D eigenvalue weighted by Gasteiger charge is 2.22. The Morgan fingerprint density at radius 1 is 1.13 bits per heavy atom. The van der Waals surface area contributed by atoms with E-state index in [1.54, 1.807) is 11.3 Å². The van der Waals surface area contributed by atoms with Crippen LogP contribution in [0.15, 0.2) is 53.9 Å². The van der Waals surface area contributed by atoms with Gasteiger partial charge in [0.25, 0.3) is 0 Å². The van der Waals surface area contributed by atoms with Crippen LogP contribution in [0.1, 0.15) is 31.7 Å². The fraction of sp³-hybridized carbons (Fsp3) is 0.320. The molecule has 0 saturated heterocycles. The Hall–Kier alpha value is -3.17. The molecule has 1 aromatic heterocycles. The number of carbonyl (C=O) groups is 1. The van der Waals surface area contributed by atoms with Gasteiger partial charge in [0, 0.05) is 25.0 Å². The maximum Gasteiger partial charge on any atom is 0.228 e. The molecule has 1 unspecified atom stereocenters. The summed E-state index contributed by atoms with van der Waals surface area (Å²) in [4.78, 5) is 19.3. The molecule has 0 radical (unpaired) electrons. The number of nitriles is 1. The molecule has 0 saturated carbocycles. The van der Waals surface area contributed by atoms with Gasteiger partial charge in [-0.15, -0.1) is 11.3 Å². The van der Waals surface area contributed by atoms with E-state index in [0.29, 0.717) is 5.92 Å². The smallest absolute Gasteiger partial charge is 0.228 e. The Morgan fingerprint density at radius 3 is 2.45 bits per heavy atom. The first-order valence-corrected chi connectivity index (χ1v) is 11.2. The molecule has 1 amide bonds. The van der Waals surface area contributed by atoms with Crippen LogP contribution in [-0.2, 0) is 4.79 Å². The second-order valence-corrected chi connectivity index (χ2v) is 9.01. The van der Waals surface area contributed by atoms with Crippen molar-refractivity contribution in [1.82, 2.24) is 10.3 Å². The van der Waals surface area contributed by atoms with Gasteiger partial charge in [0.1, 0.15) is 6.54 Å². The zero-order valence-corrected chi connectivity index (χ0v) is 19.2. The Bertz CT molecular complexity index is 1060. The lowest BCUT2D eigenvalue weighted by atomic mass is 9.88. The van der Waals surface area contributed by atoms with E-state index in [9.17, 15) is 4.79 Å². The molecule has 3 rings (SSSR count). The number of aromatic nitrogens is 1. The average Bonchev–Trinajstić information content (AvgIpc) is 3.26. The van der Waals surface area contributed by atoms with Crippen LogP contribution in [0, 0.1) is 17.2 Å². The molecule has 6 heteroatoms. The van der Waals surface area contributed by atoms with E-state index in [1.807, 2.05) is 37.2 Å². The Labute approximate surface area is 188 Å². The molecule has 0 aliphatic heterocycles. The lowest BCUT2D eigenvalue weighted by Crippen LogP contribution is -2.30. The summed E-state index contributed by atoms with van der Waals surface area (Å²) < 4.78 is 0. The molecule has 0 spiro atoms. The van der Waals surface area contributed by atoms with Crippen molar-refractivity contribution in [3.05, 3.63) is 59.5 Å². The highest BCUT2D eigenvalue weighted by molar-refractivity contribution is 7.14. The summed E-state index contributed by atoms with van der Waals surface area (Å²) in [6.07, 6.45) is 0.734. The van der Waals surface area contributed by atoms with Crippen molar-refractivity contribution in [2.24, 2.45) is 5.92 Å². The zero-order valence-electron chi connectivity index (χ0n) is 18.4. The van der Waals surface area contributed by atoms with Crippen LogP contribution in [-0.4, -0.2) is 31.5 Å². The van der Waals surface area contributed by atoms with Crippen LogP contribution in [0.25, 0.3) is 22.4 Å². The summed E-state index contributed by atoms with van der Waals surface area (Å²) in [6.45, 7) is 4.24. The standard InChI is InChI=1S/C25H28N4OS/c1-17(2)14-22(24(30)27-13-12-26)21-7-5-6-20(15-21)18-8-10-19(11-9-18)23-16-31-25(28-23)29(3)4/h5-11,15-17,22H,13-14H2,1-4H3,(H,27,30). The Balaban J connectivity index is 1.85. The van der Waals surface area contributed by atoms with Gasteiger partial charge in [-0.2, -0.15) is 5.26 Å². The third kappa shape index (κ3) is 5.71. The van der Waals surface area contributed by atoms with E-state index < -0.39 is 0 Å². The summed E-state index contributed by atoms with van der Waals surface area (Å²) in [5.74, 6) is 0.000883. The van der Waals surface area contributed by atoms with Crippen molar-refractivity contribution < 1.29 is 4.79 Å². The zero-order chi connectivity index (χ0) is 22.4. The molecule has 160 valence electrons. The maximum atomic E-state index is 12.7. The topological polar surface area (TPSA) is 69.0 Å². The fourth-order valence-electron chi connectivity index (χ4n) is 3.49. The molecule has 3 aromatic rings. The number of anilines is 1. The number of nitrogens with zero attached hydrogens (tertiary/aromatic N) is 3. The first-order valence-electron chi connectivity index (χ1n) is 10.4. The molecule has 0 bridgehead atoms. The molecular formula is C25H28N4OS. The van der Waals surface area contributed by atoms with Crippen LogP contribution in [0.4, 0.5) is 5.13 Å². The number of carbonyl (C=O) groups excluding carboxylic acids is 1. The first-order chi connectivity index (χ1) is 14.9. The van der Waals surface area contributed by atoms with E-state index in [4.69, 9.17) is 5.26 Å². The summed E-state index contributed by atoms with van der Waals surface area (Å²) in [7, 11) is 3.98. The van der Waals surface area contributed by atoms with Crippen molar-refractivity contribution in [3.8, 4) is 28.5 Å². The Kier molecular flexibility index (Phi) is 7.43. The molecule has 0 aliphatic rings. The van der Waals surface area contributed by atoms with Crippen LogP contribution in [0.5, 0.6) is 0 Å². The predicted octanol–water partition coefficient (Wildman–Crippen LogP) is 5.31. The van der Waals surface area contributed by atoms with E-state index in [2.05, 4.69) is 65.9 Å². The SMILES string of the molecule is CC(C)CC(C(=O)NCC#N)c1cccc(-c2ccc(-c3csc(N(C)C)n3)cc2)c1. The highest BCUT2D eigenvalue weighted by atomic mass is 32.1. The van der Waals surface area contributed by atoms with Crippen molar-refractivity contribution >= 4 is 22.4 Å². The van der Waals surface area contributed by atoms with Crippen molar-refractivity contribution in [1.29, 1.82) is 5.26 Å². The lowest BCUT2D eigenvalue weighted by molar-refractivity contribution is -0.122. The van der Waals surface area contributed by atoms with Crippen molar-refractivity contribution in [2.45, 2.75) is 26.2 Å². The molecule has 2 aromatic carbocycles. The minimum absolute atomic E-state index is 0.0285. The molecular weight excluding hydrogens is 404 g/mol. The second-order valence-electron chi connectivity index (χ2n) is 8.17. The normalized spacial score (nSPS) is 11.7. The van der Waals surface area contributed by atoms with E-state index in [0.717, 1.165) is 39.5 Å². The molecule has 0 fully saturated rings. The summed E-state index contributed by atoms with van der Waals surface area (Å²) in [5.41, 5.74) is 5.19. The molecule has 5 nitrogen and oxygen atoms in total. The molecule has 1 atom stereocenters. The fourth-order valence-corrected chi connectivity index (χ4v) is 4.25. The van der Waals surface area contributed by atoms with Gasteiger partial charge in [0.05, 0.1) is 17.7 Å². The number of hydrogen-bond acceptors (Lipinski definition) is 5. The van der Waals surface area contributed by atoms with Gasteiger partial charge in [-0.3, -0.25) is 4.79 Å². The minimum atomic E-state index is -0.271. The lowest BCUT2D eigenvalue weighted by Gasteiger charge is -2.19. The minimum Gasteiger partial charge on any atom is -0.354 e. The van der Waals surface area contributed by atoms with Crippen LogP contribution in [0.3, 0.4) is 0 Å². The largest absolute Gasteiger partial charge is 0.354 e. The van der Waals surface area contributed by atoms with Crippen molar-refractivity contribution in [2.75, 3.05) is 25.5 Å². The summed E-state index contributed by atoms with van der Waals surface area (Å²) >= 11 is 1.63. The third-order valence-electron chi connectivity index (χ3n) is 5.04. The number of amides is 1. The van der Waals surface area contributed by atoms with Gasteiger partial charge < -0.3 is 10.2 Å². The van der Waals surface area contributed by atoms with Gasteiger partial charge in [0.2, 0.25) is 5.91 Å². The van der Waals surface area contributed by atoms with Gasteiger partial charge >= 0.3 is 0 Å². The summed E-state index contributed by atoms with van der Waals surface area (Å²) in [6, 6.07) is 18.5. The predicted molar refractivity (Wildman–Crippen MR) is 128 cm³/mol. The molecule has 1 heterocycles. The highest BCUT2D eigenvalue weighted by Crippen LogP contribution is 2.31. The van der Waals surface area contributed by atoms with Gasteiger partial charge in [-0.25, -0.2) is 4.98 Å². The number of rotatable bonds is 8. The number of benzene rings is 2. The molecule has 31 heavy (non-hydrogen) atoms. The van der Waals surface area contributed by atoms with Gasteiger partial charge in [-0.05, 0) is 29.0 Å². The molecule has 1 N–H and O–H groups in total. The summed E-state index contributed by atoms with van der Waals surface area (Å²) in [5, 5.41) is 14.6. The van der Waals surface area contributed by atoms with E-state index in [-0.39, 0.29) is 18.4 Å². The second kappa shape index (κ2) is 10.2. The maximum absolute atomic E-state index is 12.7. The monoisotopic (exact) mass is 432 g/mol. The van der Waals surface area contributed by atoms with Gasteiger partial charge in [-0.1, -0.05) is 62.4 Å². The third-order valence-corrected chi connectivity index (χ3v) is 6.05. The number of thiazole rings is 1. The molecule has 0 aliphatic carbocycles. The van der Waals surface area contributed by atoms with Crippen LogP contribution in [0.2, 0.25) is 0 Å². The average molecular weight is 433 g/mol. The number of hydrogen-bond donors (Lipinski definition) is 1. The number of nitrogens with one attached hydrogen (secondary N) is 1. The van der Waals surface area contributed by atoms with Crippen LogP contribution >= 0.6 is 11.3 Å². The quantitative estimate of drug-likeness (QED) is 0.490. The van der Waals surface area contributed by atoms with Crippen LogP contribution < -0.4 is 10.2 Å².